The number of hydrogen-bond acceptors (Lipinski definition) is 4. The summed E-state index contributed by atoms with van der Waals surface area (Å²) in [5, 5.41) is 5.95. The Morgan fingerprint density at radius 3 is 1.86 bits per heavy atom. The number of rotatable bonds is 3. The minimum absolute atomic E-state index is 0. The number of anilines is 3. The Morgan fingerprint density at radius 2 is 1.28 bits per heavy atom. The highest BCUT2D eigenvalue weighted by atomic mass is 79.9. The molecule has 5 heteroatoms. The number of pyridine rings is 1. The zero-order chi connectivity index (χ0) is 18.9. The molecule has 1 N–H and O–H groups in total. The van der Waals surface area contributed by atoms with Gasteiger partial charge >= 0.3 is 0 Å². The van der Waals surface area contributed by atoms with Crippen molar-refractivity contribution in [3.05, 3.63) is 72.8 Å². The number of nitrogens with one attached hydrogen (secondary N) is 1. The highest BCUT2D eigenvalue weighted by Crippen LogP contribution is 2.33. The summed E-state index contributed by atoms with van der Waals surface area (Å²) >= 11 is 0. The summed E-state index contributed by atoms with van der Waals surface area (Å²) in [5.41, 5.74) is 5.53. The number of para-hydroxylation sites is 2. The first-order chi connectivity index (χ1) is 13.8. The van der Waals surface area contributed by atoms with Crippen LogP contribution in [0.15, 0.2) is 72.8 Å². The maximum atomic E-state index is 4.81. The van der Waals surface area contributed by atoms with Gasteiger partial charge in [0.25, 0.3) is 0 Å². The maximum Gasteiger partial charge on any atom is 0.0730 e. The van der Waals surface area contributed by atoms with E-state index >= 15 is 0 Å². The molecular weight excluding hydrogens is 424 g/mol. The molecule has 3 aromatic carbocycles. The highest BCUT2D eigenvalue weighted by molar-refractivity contribution is 8.93. The zero-order valence-electron chi connectivity index (χ0n) is 16.5. The highest BCUT2D eigenvalue weighted by Gasteiger charge is 2.14. The second-order valence-electron chi connectivity index (χ2n) is 7.48. The van der Waals surface area contributed by atoms with Gasteiger partial charge in [0, 0.05) is 48.3 Å². The van der Waals surface area contributed by atoms with Crippen molar-refractivity contribution in [1.29, 1.82) is 0 Å². The molecule has 0 amide bonds. The Kier molecular flexibility index (Phi) is 5.69. The number of halogens is 1. The summed E-state index contributed by atoms with van der Waals surface area (Å²) < 4.78 is 0. The van der Waals surface area contributed by atoms with Crippen LogP contribution in [-0.2, 0) is 0 Å². The van der Waals surface area contributed by atoms with Crippen molar-refractivity contribution in [3.8, 4) is 0 Å². The summed E-state index contributed by atoms with van der Waals surface area (Å²) in [6.07, 6.45) is 0. The van der Waals surface area contributed by atoms with Crippen molar-refractivity contribution in [1.82, 2.24) is 9.88 Å². The minimum Gasteiger partial charge on any atom is -0.369 e. The Morgan fingerprint density at radius 1 is 0.724 bits per heavy atom. The van der Waals surface area contributed by atoms with Crippen molar-refractivity contribution < 1.29 is 0 Å². The number of benzene rings is 3. The Bertz CT molecular complexity index is 1060. The van der Waals surface area contributed by atoms with Crippen LogP contribution in [0.4, 0.5) is 17.1 Å². The number of hydrogen-bond donors (Lipinski definition) is 1. The van der Waals surface area contributed by atoms with Crippen LogP contribution < -0.4 is 10.2 Å². The summed E-state index contributed by atoms with van der Waals surface area (Å²) in [7, 11) is 2.19. The van der Waals surface area contributed by atoms with Crippen LogP contribution >= 0.6 is 17.0 Å². The van der Waals surface area contributed by atoms with E-state index in [0.717, 1.165) is 59.4 Å². The van der Waals surface area contributed by atoms with Crippen molar-refractivity contribution in [2.24, 2.45) is 0 Å². The quantitative estimate of drug-likeness (QED) is 0.421. The lowest BCUT2D eigenvalue weighted by molar-refractivity contribution is 0.313. The summed E-state index contributed by atoms with van der Waals surface area (Å²) in [5.74, 6) is 0. The van der Waals surface area contributed by atoms with Gasteiger partial charge in [0.15, 0.2) is 0 Å². The second kappa shape index (κ2) is 8.39. The largest absolute Gasteiger partial charge is 0.369 e. The maximum absolute atomic E-state index is 4.81. The van der Waals surface area contributed by atoms with Crippen LogP contribution in [0.3, 0.4) is 0 Å². The van der Waals surface area contributed by atoms with E-state index in [9.17, 15) is 0 Å². The first-order valence-electron chi connectivity index (χ1n) is 9.86. The molecule has 1 saturated heterocycles. The van der Waals surface area contributed by atoms with Crippen LogP contribution in [0.5, 0.6) is 0 Å². The van der Waals surface area contributed by atoms with Gasteiger partial charge in [0.05, 0.1) is 16.7 Å². The van der Waals surface area contributed by atoms with Crippen molar-refractivity contribution in [2.75, 3.05) is 43.4 Å². The van der Waals surface area contributed by atoms with E-state index in [0.29, 0.717) is 0 Å². The third kappa shape index (κ3) is 3.93. The molecule has 1 aliphatic rings. The van der Waals surface area contributed by atoms with Crippen molar-refractivity contribution in [3.63, 3.8) is 0 Å². The molecule has 1 aliphatic heterocycles. The normalized spacial score (nSPS) is 14.7. The fourth-order valence-electron chi connectivity index (χ4n) is 3.94. The van der Waals surface area contributed by atoms with Crippen molar-refractivity contribution in [2.45, 2.75) is 0 Å². The predicted molar refractivity (Wildman–Crippen MR) is 129 cm³/mol. The molecule has 4 aromatic rings. The van der Waals surface area contributed by atoms with Crippen LogP contribution in [0.2, 0.25) is 0 Å². The van der Waals surface area contributed by atoms with E-state index < -0.39 is 0 Å². The standard InChI is InChI=1S/C24H24N4.BrH/c1-27-14-16-28(17-15-27)19-12-10-18(11-13-19)25-24-20-6-2-4-8-22(20)26-23-9-5-3-7-21(23)24;/h2-13H,14-17H2,1H3,(H,25,26);1H. The van der Waals surface area contributed by atoms with E-state index in [4.69, 9.17) is 4.98 Å². The lowest BCUT2D eigenvalue weighted by Crippen LogP contribution is -2.44. The van der Waals surface area contributed by atoms with Gasteiger partial charge in [-0.2, -0.15) is 0 Å². The van der Waals surface area contributed by atoms with Gasteiger partial charge in [0.2, 0.25) is 0 Å². The predicted octanol–water partition coefficient (Wildman–Crippen LogP) is 5.46. The zero-order valence-corrected chi connectivity index (χ0v) is 18.2. The third-order valence-electron chi connectivity index (χ3n) is 5.59. The van der Waals surface area contributed by atoms with E-state index in [1.165, 1.54) is 5.69 Å². The molecule has 0 unspecified atom stereocenters. The van der Waals surface area contributed by atoms with Gasteiger partial charge in [-0.25, -0.2) is 4.98 Å². The van der Waals surface area contributed by atoms with Crippen LogP contribution in [0.25, 0.3) is 21.8 Å². The van der Waals surface area contributed by atoms with E-state index in [1.54, 1.807) is 0 Å². The van der Waals surface area contributed by atoms with Gasteiger partial charge in [-0.15, -0.1) is 17.0 Å². The third-order valence-corrected chi connectivity index (χ3v) is 5.59. The Labute approximate surface area is 181 Å². The Hall–Kier alpha value is -2.63. The molecule has 0 radical (unpaired) electrons. The molecule has 0 bridgehead atoms. The molecule has 0 spiro atoms. The number of fused-ring (bicyclic) bond motifs is 2. The molecule has 1 aromatic heterocycles. The summed E-state index contributed by atoms with van der Waals surface area (Å²) in [6.45, 7) is 4.41. The first kappa shape index (κ1) is 19.7. The monoisotopic (exact) mass is 448 g/mol. The first-order valence-corrected chi connectivity index (χ1v) is 9.86. The smallest absolute Gasteiger partial charge is 0.0730 e. The molecule has 5 rings (SSSR count). The van der Waals surface area contributed by atoms with Gasteiger partial charge < -0.3 is 15.1 Å². The number of piperazine rings is 1. The molecule has 2 heterocycles. The van der Waals surface area contributed by atoms with Crippen molar-refractivity contribution >= 4 is 55.8 Å². The molecule has 29 heavy (non-hydrogen) atoms. The molecule has 4 nitrogen and oxygen atoms in total. The van der Waals surface area contributed by atoms with Gasteiger partial charge in [-0.1, -0.05) is 36.4 Å². The molecule has 0 saturated carbocycles. The van der Waals surface area contributed by atoms with Gasteiger partial charge in [0.1, 0.15) is 0 Å². The fraction of sp³-hybridized carbons (Fsp3) is 0.208. The second-order valence-corrected chi connectivity index (χ2v) is 7.48. The summed E-state index contributed by atoms with van der Waals surface area (Å²) in [4.78, 5) is 9.65. The average Bonchev–Trinajstić information content (AvgIpc) is 2.75. The average molecular weight is 449 g/mol. The minimum atomic E-state index is 0. The van der Waals surface area contributed by atoms with E-state index in [-0.39, 0.29) is 17.0 Å². The van der Waals surface area contributed by atoms with Crippen LogP contribution in [0.1, 0.15) is 0 Å². The fourth-order valence-corrected chi connectivity index (χ4v) is 3.94. The molecular formula is C24H25BrN4. The molecule has 0 aliphatic carbocycles. The SMILES string of the molecule is Br.CN1CCN(c2ccc(Nc3c4ccccc4nc4ccccc34)cc2)CC1. The van der Waals surface area contributed by atoms with Crippen LogP contribution in [-0.4, -0.2) is 43.1 Å². The number of likely N-dealkylation sites (N-methyl/N-ethyl adjacent to an activating group) is 1. The lowest BCUT2D eigenvalue weighted by Gasteiger charge is -2.34. The Balaban J connectivity index is 0.00000205. The van der Waals surface area contributed by atoms with Crippen LogP contribution in [0, 0.1) is 0 Å². The number of aromatic nitrogens is 1. The topological polar surface area (TPSA) is 31.4 Å². The van der Waals surface area contributed by atoms with E-state index in [1.807, 2.05) is 12.1 Å². The summed E-state index contributed by atoms with van der Waals surface area (Å²) in [6, 6.07) is 25.4. The van der Waals surface area contributed by atoms with Gasteiger partial charge in [-0.3, -0.25) is 0 Å². The molecule has 1 fully saturated rings. The van der Waals surface area contributed by atoms with Gasteiger partial charge in [-0.05, 0) is 43.4 Å². The molecule has 148 valence electrons. The van der Waals surface area contributed by atoms with E-state index in [2.05, 4.69) is 82.8 Å². The lowest BCUT2D eigenvalue weighted by atomic mass is 10.1. The number of nitrogens with zero attached hydrogens (tertiary/aromatic N) is 3. The molecule has 0 atom stereocenters.